The van der Waals surface area contributed by atoms with E-state index < -0.39 is 46.7 Å². The smallest absolute Gasteiger partial charge is 0.327 e. The van der Waals surface area contributed by atoms with Crippen molar-refractivity contribution in [2.24, 2.45) is 0 Å². The maximum Gasteiger partial charge on any atom is 0.327 e. The Kier molecular flexibility index (Phi) is 5.31. The van der Waals surface area contributed by atoms with Crippen molar-refractivity contribution in [1.82, 2.24) is 4.90 Å². The summed E-state index contributed by atoms with van der Waals surface area (Å²) in [6.07, 6.45) is -1.46. The van der Waals surface area contributed by atoms with Gasteiger partial charge in [0, 0.05) is 5.75 Å². The Morgan fingerprint density at radius 2 is 2.15 bits per heavy atom. The minimum atomic E-state index is -1.46. The minimum absolute atomic E-state index is 0.0184. The average Bonchev–Trinajstić information content (AvgIpc) is 2.67. The Morgan fingerprint density at radius 1 is 1.50 bits per heavy atom. The summed E-state index contributed by atoms with van der Waals surface area (Å²) < 4.78 is 0. The van der Waals surface area contributed by atoms with Gasteiger partial charge in [-0.3, -0.25) is 4.79 Å². The van der Waals surface area contributed by atoms with Gasteiger partial charge in [-0.1, -0.05) is 11.8 Å². The predicted octanol–water partition coefficient (Wildman–Crippen LogP) is -0.606. The molecule has 2 unspecified atom stereocenters. The van der Waals surface area contributed by atoms with Crippen LogP contribution in [0.1, 0.15) is 0 Å². The molecule has 20 heavy (non-hydrogen) atoms. The van der Waals surface area contributed by atoms with Crippen molar-refractivity contribution in [1.29, 1.82) is 0 Å². The number of hydrogen-bond acceptors (Lipinski definition) is 9. The molecule has 1 heterocycles. The lowest BCUT2D eigenvalue weighted by atomic mass is 10.2. The van der Waals surface area contributed by atoms with E-state index in [0.29, 0.717) is 0 Å². The second-order valence-corrected chi connectivity index (χ2v) is 4.52. The zero-order valence-corrected chi connectivity index (χ0v) is 10.6. The minimum Gasteiger partial charge on any atom is -0.480 e. The third kappa shape index (κ3) is 4.42. The van der Waals surface area contributed by atoms with Crippen molar-refractivity contribution in [2.75, 3.05) is 18.9 Å². The van der Waals surface area contributed by atoms with Crippen LogP contribution in [0, 0.1) is 20.2 Å². The van der Waals surface area contributed by atoms with Crippen LogP contribution in [-0.2, 0) is 14.5 Å². The predicted molar refractivity (Wildman–Crippen MR) is 60.8 cm³/mol. The molecule has 0 radical (unpaired) electrons. The van der Waals surface area contributed by atoms with Gasteiger partial charge in [-0.15, -0.1) is 20.2 Å². The van der Waals surface area contributed by atoms with Crippen LogP contribution in [-0.4, -0.2) is 62.4 Å². The van der Waals surface area contributed by atoms with E-state index >= 15 is 0 Å². The zero-order chi connectivity index (χ0) is 15.3. The first-order valence-electron chi connectivity index (χ1n) is 5.06. The van der Waals surface area contributed by atoms with E-state index in [0.717, 1.165) is 16.7 Å². The van der Waals surface area contributed by atoms with Crippen LogP contribution in [0.2, 0.25) is 0 Å². The lowest BCUT2D eigenvalue weighted by Gasteiger charge is -2.24. The molecule has 12 nitrogen and oxygen atoms in total. The second-order valence-electron chi connectivity index (χ2n) is 3.55. The molecule has 1 rings (SSSR count). The van der Waals surface area contributed by atoms with Crippen molar-refractivity contribution in [2.45, 2.75) is 12.1 Å². The first-order chi connectivity index (χ1) is 9.31. The summed E-state index contributed by atoms with van der Waals surface area (Å²) in [5, 5.41) is 26.2. The fourth-order valence-electron chi connectivity index (χ4n) is 1.46. The van der Waals surface area contributed by atoms with Crippen molar-refractivity contribution < 1.29 is 34.5 Å². The summed E-state index contributed by atoms with van der Waals surface area (Å²) in [7, 11) is 0. The highest BCUT2D eigenvalue weighted by atomic mass is 32.2. The third-order valence-electron chi connectivity index (χ3n) is 2.26. The van der Waals surface area contributed by atoms with E-state index in [-0.39, 0.29) is 5.75 Å². The number of carboxylic acids is 1. The lowest BCUT2D eigenvalue weighted by molar-refractivity contribution is -0.789. The lowest BCUT2D eigenvalue weighted by Crippen LogP contribution is -2.45. The van der Waals surface area contributed by atoms with Crippen LogP contribution >= 0.6 is 11.8 Å². The number of carbonyl (C=O) groups is 2. The van der Waals surface area contributed by atoms with E-state index in [1.54, 1.807) is 0 Å². The van der Waals surface area contributed by atoms with E-state index in [1.807, 2.05) is 0 Å². The maximum absolute atomic E-state index is 11.5. The van der Waals surface area contributed by atoms with Gasteiger partial charge in [-0.05, 0) is 0 Å². The summed E-state index contributed by atoms with van der Waals surface area (Å²) in [6.45, 7) is -1.30. The SMILES string of the molecule is O=C(O)C1CSC(=O)N1CC(CO[N+](=O)[O-])O[N+](=O)[O-]. The van der Waals surface area contributed by atoms with E-state index in [9.17, 15) is 29.8 Å². The van der Waals surface area contributed by atoms with Gasteiger partial charge in [0.05, 0.1) is 6.54 Å². The summed E-state index contributed by atoms with van der Waals surface area (Å²) in [5.74, 6) is -1.30. The molecule has 1 aliphatic heterocycles. The highest BCUT2D eigenvalue weighted by Gasteiger charge is 2.38. The Balaban J connectivity index is 2.70. The molecule has 0 aromatic heterocycles. The van der Waals surface area contributed by atoms with E-state index in [4.69, 9.17) is 5.11 Å². The molecule has 0 saturated carbocycles. The number of amides is 1. The Labute approximate surface area is 114 Å². The molecule has 0 aromatic rings. The summed E-state index contributed by atoms with van der Waals surface area (Å²) in [6, 6.07) is -1.17. The summed E-state index contributed by atoms with van der Waals surface area (Å²) in [5.41, 5.74) is 0. The quantitative estimate of drug-likeness (QED) is 0.452. The summed E-state index contributed by atoms with van der Waals surface area (Å²) in [4.78, 5) is 51.6. The fraction of sp³-hybridized carbons (Fsp3) is 0.714. The molecule has 0 aliphatic carbocycles. The van der Waals surface area contributed by atoms with Crippen molar-refractivity contribution in [3.63, 3.8) is 0 Å². The molecular weight excluding hydrogens is 302 g/mol. The van der Waals surface area contributed by atoms with Crippen molar-refractivity contribution >= 4 is 23.0 Å². The van der Waals surface area contributed by atoms with Crippen LogP contribution in [0.4, 0.5) is 4.79 Å². The average molecular weight is 311 g/mol. The Hall–Kier alpha value is -2.31. The molecule has 13 heteroatoms. The molecule has 1 N–H and O–H groups in total. The zero-order valence-electron chi connectivity index (χ0n) is 9.74. The van der Waals surface area contributed by atoms with Crippen LogP contribution < -0.4 is 0 Å². The van der Waals surface area contributed by atoms with Gasteiger partial charge in [-0.2, -0.15) is 0 Å². The molecule has 2 atom stereocenters. The fourth-order valence-corrected chi connectivity index (χ4v) is 2.45. The Morgan fingerprint density at radius 3 is 2.65 bits per heavy atom. The molecule has 0 spiro atoms. The van der Waals surface area contributed by atoms with Crippen molar-refractivity contribution in [3.05, 3.63) is 20.2 Å². The van der Waals surface area contributed by atoms with Gasteiger partial charge in [0.25, 0.3) is 15.4 Å². The van der Waals surface area contributed by atoms with Gasteiger partial charge in [-0.25, -0.2) is 4.79 Å². The molecule has 1 fully saturated rings. The first kappa shape index (κ1) is 15.7. The van der Waals surface area contributed by atoms with Gasteiger partial charge in [0.1, 0.15) is 18.8 Å². The number of rotatable bonds is 8. The van der Waals surface area contributed by atoms with Crippen LogP contribution in [0.3, 0.4) is 0 Å². The number of carbonyl (C=O) groups excluding carboxylic acids is 1. The molecule has 1 aliphatic rings. The number of carboxylic acid groups (broad SMARTS) is 1. The molecule has 1 saturated heterocycles. The van der Waals surface area contributed by atoms with Gasteiger partial charge < -0.3 is 19.7 Å². The topological polar surface area (TPSA) is 162 Å². The largest absolute Gasteiger partial charge is 0.480 e. The highest BCUT2D eigenvalue weighted by molar-refractivity contribution is 8.13. The number of thioether (sulfide) groups is 1. The summed E-state index contributed by atoms with van der Waals surface area (Å²) >= 11 is 0.733. The van der Waals surface area contributed by atoms with Crippen LogP contribution in [0.15, 0.2) is 0 Å². The van der Waals surface area contributed by atoms with Crippen molar-refractivity contribution in [3.8, 4) is 0 Å². The molecular formula is C7H9N3O9S. The van der Waals surface area contributed by atoms with Gasteiger partial charge in [0.15, 0.2) is 0 Å². The highest BCUT2D eigenvalue weighted by Crippen LogP contribution is 2.24. The van der Waals surface area contributed by atoms with Gasteiger partial charge in [0.2, 0.25) is 0 Å². The number of nitrogens with zero attached hydrogens (tertiary/aromatic N) is 3. The standard InChI is InChI=1S/C7H9N3O9S/c11-6(12)5-3-20-7(13)8(5)1-4(19-10(16)17)2-18-9(14)15/h4-5H,1-3H2,(H,11,12). The van der Waals surface area contributed by atoms with Crippen LogP contribution in [0.5, 0.6) is 0 Å². The first-order valence-corrected chi connectivity index (χ1v) is 6.04. The third-order valence-corrected chi connectivity index (χ3v) is 3.23. The number of hydrogen-bond donors (Lipinski definition) is 1. The molecule has 0 bridgehead atoms. The number of aliphatic carboxylic acids is 1. The monoisotopic (exact) mass is 311 g/mol. The second kappa shape index (κ2) is 6.74. The van der Waals surface area contributed by atoms with E-state index in [2.05, 4.69) is 9.68 Å². The molecule has 0 aromatic carbocycles. The van der Waals surface area contributed by atoms with E-state index in [1.165, 1.54) is 0 Å². The normalized spacial score (nSPS) is 19.5. The maximum atomic E-state index is 11.5. The van der Waals surface area contributed by atoms with Crippen LogP contribution in [0.25, 0.3) is 0 Å². The Bertz CT molecular complexity index is 430. The molecule has 112 valence electrons. The van der Waals surface area contributed by atoms with Gasteiger partial charge >= 0.3 is 5.97 Å². The molecule has 1 amide bonds.